The second-order valence-electron chi connectivity index (χ2n) is 7.19. The fourth-order valence-electron chi connectivity index (χ4n) is 3.28. The standard InChI is InChI=1S/C21H19N9OS2/c1-29-19(18-17(22)15-3-2-8-24-20(15)33-18)27-28-21(29)32-10-16(31)26-14-6-4-13(5-7-14)9-30-12-23-11-25-30/h2-8,11-12H,9-10,22H2,1H3,(H,26,31). The minimum absolute atomic E-state index is 0.126. The average molecular weight is 478 g/mol. The minimum atomic E-state index is -0.126. The van der Waals surface area contributed by atoms with Gasteiger partial charge in [-0.15, -0.1) is 21.5 Å². The van der Waals surface area contributed by atoms with Crippen molar-refractivity contribution in [1.82, 2.24) is 34.5 Å². The molecule has 0 saturated heterocycles. The van der Waals surface area contributed by atoms with Gasteiger partial charge in [-0.2, -0.15) is 5.10 Å². The van der Waals surface area contributed by atoms with Crippen LogP contribution in [0, 0.1) is 0 Å². The van der Waals surface area contributed by atoms with E-state index in [0.29, 0.717) is 23.2 Å². The molecule has 5 aromatic rings. The number of hydrogen-bond acceptors (Lipinski definition) is 9. The molecule has 1 amide bonds. The fraction of sp³-hybridized carbons (Fsp3) is 0.143. The Hall–Kier alpha value is -3.77. The number of amides is 1. The first-order valence-corrected chi connectivity index (χ1v) is 11.8. The van der Waals surface area contributed by atoms with Crippen molar-refractivity contribution in [1.29, 1.82) is 0 Å². The van der Waals surface area contributed by atoms with Gasteiger partial charge in [0.15, 0.2) is 11.0 Å². The summed E-state index contributed by atoms with van der Waals surface area (Å²) in [5, 5.41) is 17.1. The molecule has 12 heteroatoms. The van der Waals surface area contributed by atoms with E-state index in [1.54, 1.807) is 17.2 Å². The number of pyridine rings is 1. The lowest BCUT2D eigenvalue weighted by Gasteiger charge is -2.07. The summed E-state index contributed by atoms with van der Waals surface area (Å²) in [6.07, 6.45) is 4.90. The van der Waals surface area contributed by atoms with Crippen LogP contribution < -0.4 is 11.1 Å². The third-order valence-corrected chi connectivity index (χ3v) is 7.07. The molecular weight excluding hydrogens is 458 g/mol. The molecule has 0 saturated carbocycles. The number of nitrogens with one attached hydrogen (secondary N) is 1. The summed E-state index contributed by atoms with van der Waals surface area (Å²) in [6.45, 7) is 0.624. The van der Waals surface area contributed by atoms with E-state index in [4.69, 9.17) is 5.73 Å². The second-order valence-corrected chi connectivity index (χ2v) is 9.13. The van der Waals surface area contributed by atoms with Crippen molar-refractivity contribution in [2.45, 2.75) is 11.7 Å². The fourth-order valence-corrected chi connectivity index (χ4v) is 5.07. The molecule has 0 aliphatic carbocycles. The van der Waals surface area contributed by atoms with E-state index in [0.717, 1.165) is 26.3 Å². The highest BCUT2D eigenvalue weighted by Gasteiger charge is 2.19. The normalized spacial score (nSPS) is 11.2. The summed E-state index contributed by atoms with van der Waals surface area (Å²) >= 11 is 2.79. The Morgan fingerprint density at radius 1 is 1.21 bits per heavy atom. The summed E-state index contributed by atoms with van der Waals surface area (Å²) in [6, 6.07) is 11.4. The number of thioether (sulfide) groups is 1. The van der Waals surface area contributed by atoms with Crippen LogP contribution in [0.3, 0.4) is 0 Å². The van der Waals surface area contributed by atoms with E-state index < -0.39 is 0 Å². The molecule has 3 N–H and O–H groups in total. The molecule has 10 nitrogen and oxygen atoms in total. The number of fused-ring (bicyclic) bond motifs is 1. The van der Waals surface area contributed by atoms with Crippen LogP contribution in [0.15, 0.2) is 60.4 Å². The summed E-state index contributed by atoms with van der Waals surface area (Å²) in [4.78, 5) is 22.4. The van der Waals surface area contributed by atoms with Crippen LogP contribution in [0.2, 0.25) is 0 Å². The number of nitrogens with zero attached hydrogens (tertiary/aromatic N) is 7. The first kappa shape index (κ1) is 21.1. The molecule has 5 rings (SSSR count). The maximum absolute atomic E-state index is 12.4. The number of carbonyl (C=O) groups excluding carboxylic acids is 1. The SMILES string of the molecule is Cn1c(SCC(=O)Nc2ccc(Cn3cncn3)cc2)nnc1-c1sc2ncccc2c1N. The van der Waals surface area contributed by atoms with Crippen LogP contribution in [0.4, 0.5) is 11.4 Å². The van der Waals surface area contributed by atoms with E-state index in [1.807, 2.05) is 48.0 Å². The maximum Gasteiger partial charge on any atom is 0.234 e. The van der Waals surface area contributed by atoms with Crippen LogP contribution in [-0.4, -0.2) is 46.2 Å². The number of rotatable bonds is 7. The smallest absolute Gasteiger partial charge is 0.234 e. The van der Waals surface area contributed by atoms with Gasteiger partial charge in [0.1, 0.15) is 17.5 Å². The van der Waals surface area contributed by atoms with Crippen molar-refractivity contribution in [2.75, 3.05) is 16.8 Å². The molecular formula is C21H19N9OS2. The van der Waals surface area contributed by atoms with Gasteiger partial charge in [-0.25, -0.2) is 14.6 Å². The van der Waals surface area contributed by atoms with Gasteiger partial charge >= 0.3 is 0 Å². The quantitative estimate of drug-likeness (QED) is 0.342. The van der Waals surface area contributed by atoms with Crippen molar-refractivity contribution in [3.8, 4) is 10.7 Å². The lowest BCUT2D eigenvalue weighted by Crippen LogP contribution is -2.14. The number of aromatic nitrogens is 7. The molecule has 4 aromatic heterocycles. The lowest BCUT2D eigenvalue weighted by atomic mass is 10.2. The molecule has 0 radical (unpaired) electrons. The molecule has 0 bridgehead atoms. The third kappa shape index (κ3) is 4.43. The highest BCUT2D eigenvalue weighted by Crippen LogP contribution is 2.39. The number of thiophene rings is 1. The van der Waals surface area contributed by atoms with Crippen LogP contribution in [0.25, 0.3) is 20.9 Å². The summed E-state index contributed by atoms with van der Waals surface area (Å²) in [7, 11) is 1.86. The zero-order valence-corrected chi connectivity index (χ0v) is 19.2. The molecule has 1 aromatic carbocycles. The Kier molecular flexibility index (Phi) is 5.75. The van der Waals surface area contributed by atoms with Crippen molar-refractivity contribution < 1.29 is 4.79 Å². The van der Waals surface area contributed by atoms with Gasteiger partial charge in [0.2, 0.25) is 5.91 Å². The van der Waals surface area contributed by atoms with Crippen molar-refractivity contribution >= 4 is 50.6 Å². The molecule has 0 aliphatic heterocycles. The van der Waals surface area contributed by atoms with Crippen LogP contribution in [0.5, 0.6) is 0 Å². The Balaban J connectivity index is 1.21. The van der Waals surface area contributed by atoms with Gasteiger partial charge in [0.05, 0.1) is 22.9 Å². The summed E-state index contributed by atoms with van der Waals surface area (Å²) in [5.74, 6) is 0.733. The summed E-state index contributed by atoms with van der Waals surface area (Å²) < 4.78 is 3.58. The van der Waals surface area contributed by atoms with Crippen LogP contribution in [-0.2, 0) is 18.4 Å². The van der Waals surface area contributed by atoms with Crippen molar-refractivity contribution in [3.05, 3.63) is 60.8 Å². The summed E-state index contributed by atoms with van der Waals surface area (Å²) in [5.41, 5.74) is 8.75. The number of anilines is 2. The highest BCUT2D eigenvalue weighted by atomic mass is 32.2. The zero-order valence-electron chi connectivity index (χ0n) is 17.5. The van der Waals surface area contributed by atoms with E-state index in [2.05, 4.69) is 30.6 Å². The van der Waals surface area contributed by atoms with Gasteiger partial charge < -0.3 is 15.6 Å². The van der Waals surface area contributed by atoms with Crippen molar-refractivity contribution in [2.24, 2.45) is 7.05 Å². The topological polar surface area (TPSA) is 129 Å². The molecule has 0 fully saturated rings. The van der Waals surface area contributed by atoms with E-state index >= 15 is 0 Å². The Morgan fingerprint density at radius 3 is 2.82 bits per heavy atom. The Labute approximate surface area is 196 Å². The molecule has 0 unspecified atom stereocenters. The van der Waals surface area contributed by atoms with Crippen LogP contribution in [0.1, 0.15) is 5.56 Å². The first-order valence-electron chi connectivity index (χ1n) is 9.95. The first-order chi connectivity index (χ1) is 16.1. The maximum atomic E-state index is 12.4. The monoisotopic (exact) mass is 477 g/mol. The molecule has 0 spiro atoms. The van der Waals surface area contributed by atoms with Gasteiger partial charge in [0, 0.05) is 24.3 Å². The van der Waals surface area contributed by atoms with Gasteiger partial charge in [-0.1, -0.05) is 23.9 Å². The molecule has 4 heterocycles. The lowest BCUT2D eigenvalue weighted by molar-refractivity contribution is -0.113. The van der Waals surface area contributed by atoms with Gasteiger partial charge in [-0.3, -0.25) is 4.79 Å². The van der Waals surface area contributed by atoms with E-state index in [9.17, 15) is 4.79 Å². The third-order valence-electron chi connectivity index (χ3n) is 4.92. The van der Waals surface area contributed by atoms with Crippen molar-refractivity contribution in [3.63, 3.8) is 0 Å². The minimum Gasteiger partial charge on any atom is -0.397 e. The molecule has 166 valence electrons. The van der Waals surface area contributed by atoms with E-state index in [1.165, 1.54) is 29.4 Å². The number of carbonyl (C=O) groups is 1. The highest BCUT2D eigenvalue weighted by molar-refractivity contribution is 7.99. The second kappa shape index (κ2) is 9.00. The molecule has 33 heavy (non-hydrogen) atoms. The predicted molar refractivity (Wildman–Crippen MR) is 129 cm³/mol. The average Bonchev–Trinajstić information content (AvgIpc) is 3.54. The number of nitrogens with two attached hydrogens (primary N) is 1. The molecule has 0 aliphatic rings. The van der Waals surface area contributed by atoms with Gasteiger partial charge in [-0.05, 0) is 29.8 Å². The number of nitrogen functional groups attached to an aromatic ring is 1. The Morgan fingerprint density at radius 2 is 2.06 bits per heavy atom. The number of benzene rings is 1. The zero-order chi connectivity index (χ0) is 22.8. The van der Waals surface area contributed by atoms with Crippen LogP contribution >= 0.6 is 23.1 Å². The number of hydrogen-bond donors (Lipinski definition) is 2. The Bertz CT molecular complexity index is 1410. The molecule has 0 atom stereocenters. The van der Waals surface area contributed by atoms with E-state index in [-0.39, 0.29) is 11.7 Å². The predicted octanol–water partition coefficient (Wildman–Crippen LogP) is 3.04. The largest absolute Gasteiger partial charge is 0.397 e. The van der Waals surface area contributed by atoms with Gasteiger partial charge in [0.25, 0.3) is 0 Å².